The molecule has 0 fully saturated rings. The fourth-order valence-electron chi connectivity index (χ4n) is 5.14. The van der Waals surface area contributed by atoms with Gasteiger partial charge in [0.05, 0.1) is 21.5 Å². The maximum atomic E-state index is 13.3. The van der Waals surface area contributed by atoms with Gasteiger partial charge in [-0.1, -0.05) is 6.58 Å². The summed E-state index contributed by atoms with van der Waals surface area (Å²) in [5.41, 5.74) is 10.0. The maximum absolute atomic E-state index is 13.3. The normalized spacial score (nSPS) is 10.7. The summed E-state index contributed by atoms with van der Waals surface area (Å²) in [5.74, 6) is -2.40. The van der Waals surface area contributed by atoms with E-state index < -0.39 is 17.7 Å². The van der Waals surface area contributed by atoms with Crippen LogP contribution in [0, 0.1) is 26.2 Å². The number of carbonyl (C=O) groups is 5. The molecule has 264 valence electrons. The van der Waals surface area contributed by atoms with E-state index in [4.69, 9.17) is 11.1 Å². The van der Waals surface area contributed by atoms with Gasteiger partial charge in [0.1, 0.15) is 22.8 Å². The number of fused-ring (bicyclic) bond motifs is 1. The average Bonchev–Trinajstić information content (AvgIpc) is 3.85. The molecule has 0 radical (unpaired) electrons. The Morgan fingerprint density at radius 2 is 1.22 bits per heavy atom. The Bertz CT molecular complexity index is 2220. The molecule has 0 bridgehead atoms. The summed E-state index contributed by atoms with van der Waals surface area (Å²) in [7, 11) is 0. The molecule has 51 heavy (non-hydrogen) atoms. The average molecular weight is 760 g/mol. The zero-order valence-corrected chi connectivity index (χ0v) is 29.2. The standard InChI is InChI=1S/C33H35BrN12O5/c1-14-23(12-39-25(14)30(49)37-7-8-38-33(35)36)45-32(51)27-16(3)24(13-41-27)46-31(50)26-15(2)22(11-40-26)44-29(48)21-10-18-9-19(5-6-20(18)43-21)42-28(47)17(4)34/h5-6,9-13,39-41,43H,4,7-8H2,1-3H3,(H,37,49)(H,42,47)(H,44,48)(H,45,51)(H,46,50)(H4,35,36,38). The maximum Gasteiger partial charge on any atom is 0.272 e. The molecule has 17 nitrogen and oxygen atoms in total. The van der Waals surface area contributed by atoms with Crippen LogP contribution in [0.3, 0.4) is 0 Å². The van der Waals surface area contributed by atoms with Crippen molar-refractivity contribution in [2.24, 2.45) is 5.73 Å². The van der Waals surface area contributed by atoms with Crippen molar-refractivity contribution in [1.82, 2.24) is 30.6 Å². The summed E-state index contributed by atoms with van der Waals surface area (Å²) < 4.78 is 0.183. The van der Waals surface area contributed by atoms with E-state index in [1.54, 1.807) is 45.0 Å². The van der Waals surface area contributed by atoms with Crippen molar-refractivity contribution < 1.29 is 24.0 Å². The van der Waals surface area contributed by atoms with Gasteiger partial charge < -0.3 is 57.6 Å². The van der Waals surface area contributed by atoms with Crippen molar-refractivity contribution in [3.05, 3.63) is 93.4 Å². The van der Waals surface area contributed by atoms with Gasteiger partial charge in [0.25, 0.3) is 29.5 Å². The number of anilines is 4. The summed E-state index contributed by atoms with van der Waals surface area (Å²) in [6, 6.07) is 6.79. The highest BCUT2D eigenvalue weighted by atomic mass is 79.9. The number of nitrogens with one attached hydrogen (secondary N) is 11. The second-order valence-electron chi connectivity index (χ2n) is 11.4. The molecule has 1 aromatic carbocycles. The van der Waals surface area contributed by atoms with Crippen LogP contribution in [0.4, 0.5) is 22.7 Å². The van der Waals surface area contributed by atoms with E-state index in [2.05, 4.69) is 74.3 Å². The number of carbonyl (C=O) groups excluding carboxylic acids is 5. The number of aromatic nitrogens is 4. The predicted molar refractivity (Wildman–Crippen MR) is 198 cm³/mol. The first-order valence-corrected chi connectivity index (χ1v) is 16.1. The monoisotopic (exact) mass is 758 g/mol. The molecular weight excluding hydrogens is 724 g/mol. The first-order chi connectivity index (χ1) is 24.2. The molecule has 13 N–H and O–H groups in total. The Morgan fingerprint density at radius 3 is 1.73 bits per heavy atom. The van der Waals surface area contributed by atoms with Crippen LogP contribution in [-0.4, -0.2) is 68.5 Å². The number of hydrogen-bond donors (Lipinski definition) is 12. The third-order valence-corrected chi connectivity index (χ3v) is 8.30. The van der Waals surface area contributed by atoms with Gasteiger partial charge in [-0.05, 0) is 61.0 Å². The molecule has 18 heteroatoms. The Balaban J connectivity index is 1.20. The summed E-state index contributed by atoms with van der Waals surface area (Å²) in [5, 5.41) is 24.2. The van der Waals surface area contributed by atoms with Gasteiger partial charge in [0.15, 0.2) is 5.96 Å². The molecular formula is C33H35BrN12O5. The number of amides is 5. The van der Waals surface area contributed by atoms with Crippen LogP contribution in [-0.2, 0) is 4.79 Å². The number of halogens is 1. The second kappa shape index (κ2) is 14.9. The lowest BCUT2D eigenvalue weighted by Crippen LogP contribution is -2.37. The van der Waals surface area contributed by atoms with Gasteiger partial charge in [0.2, 0.25) is 0 Å². The molecule has 5 amide bonds. The molecule has 0 saturated heterocycles. The van der Waals surface area contributed by atoms with Crippen molar-refractivity contribution in [2.75, 3.05) is 34.4 Å². The summed E-state index contributed by atoms with van der Waals surface area (Å²) in [6.07, 6.45) is 4.50. The molecule has 5 aromatic rings. The molecule has 5 rings (SSSR count). The fraction of sp³-hybridized carbons (Fsp3) is 0.152. The number of hydrogen-bond acceptors (Lipinski definition) is 6. The molecule has 0 unspecified atom stereocenters. The molecule has 0 aliphatic heterocycles. The zero-order chi connectivity index (χ0) is 37.0. The molecule has 0 aliphatic rings. The van der Waals surface area contributed by atoms with E-state index in [0.29, 0.717) is 50.3 Å². The molecule has 0 aliphatic carbocycles. The predicted octanol–water partition coefficient (Wildman–Crippen LogP) is 3.89. The van der Waals surface area contributed by atoms with Crippen LogP contribution in [0.5, 0.6) is 0 Å². The van der Waals surface area contributed by atoms with Crippen LogP contribution in [0.2, 0.25) is 0 Å². The Kier molecular flexibility index (Phi) is 10.4. The van der Waals surface area contributed by atoms with Crippen molar-refractivity contribution >= 4 is 85.1 Å². The lowest BCUT2D eigenvalue weighted by molar-refractivity contribution is -0.112. The van der Waals surface area contributed by atoms with E-state index >= 15 is 0 Å². The smallest absolute Gasteiger partial charge is 0.272 e. The summed E-state index contributed by atoms with van der Waals surface area (Å²) in [6.45, 7) is 9.09. The topological polar surface area (TPSA) is 271 Å². The highest BCUT2D eigenvalue weighted by molar-refractivity contribution is 9.12. The number of H-pyrrole nitrogens is 4. The quantitative estimate of drug-likeness (QED) is 0.0386. The largest absolute Gasteiger partial charge is 0.370 e. The molecule has 4 aromatic heterocycles. The van der Waals surface area contributed by atoms with E-state index in [1.165, 1.54) is 18.6 Å². The SMILES string of the molecule is C=C(Br)C(=O)Nc1ccc2[nH]c(C(=O)Nc3c[nH]c(C(=O)Nc4c[nH]c(C(=O)Nc5c[nH]c(C(=O)NCCNC(=N)N)c5C)c4C)c3C)cc2c1. The first kappa shape index (κ1) is 35.7. The Hall–Kier alpha value is -6.56. The Labute approximate surface area is 298 Å². The van der Waals surface area contributed by atoms with Crippen molar-refractivity contribution in [1.29, 1.82) is 5.41 Å². The number of benzene rings is 1. The third kappa shape index (κ3) is 8.02. The molecule has 0 saturated carbocycles. The molecule has 4 heterocycles. The van der Waals surface area contributed by atoms with Crippen LogP contribution in [0.25, 0.3) is 10.9 Å². The van der Waals surface area contributed by atoms with Gasteiger partial charge >= 0.3 is 0 Å². The summed E-state index contributed by atoms with van der Waals surface area (Å²) in [4.78, 5) is 75.7. The number of aromatic amines is 4. The van der Waals surface area contributed by atoms with Crippen LogP contribution >= 0.6 is 15.9 Å². The second-order valence-corrected chi connectivity index (χ2v) is 12.4. The highest BCUT2D eigenvalue weighted by Gasteiger charge is 2.22. The third-order valence-electron chi connectivity index (χ3n) is 7.94. The minimum atomic E-state index is -0.496. The zero-order valence-electron chi connectivity index (χ0n) is 27.7. The van der Waals surface area contributed by atoms with E-state index in [-0.39, 0.29) is 58.1 Å². The molecule has 0 atom stereocenters. The minimum Gasteiger partial charge on any atom is -0.370 e. The number of nitrogens with two attached hydrogens (primary N) is 1. The van der Waals surface area contributed by atoms with E-state index in [9.17, 15) is 24.0 Å². The van der Waals surface area contributed by atoms with Crippen molar-refractivity contribution in [3.63, 3.8) is 0 Å². The van der Waals surface area contributed by atoms with Gasteiger partial charge in [-0.25, -0.2) is 0 Å². The first-order valence-electron chi connectivity index (χ1n) is 15.4. The van der Waals surface area contributed by atoms with Crippen LogP contribution in [0.1, 0.15) is 58.6 Å². The Morgan fingerprint density at radius 1 is 0.725 bits per heavy atom. The van der Waals surface area contributed by atoms with Crippen molar-refractivity contribution in [3.8, 4) is 0 Å². The van der Waals surface area contributed by atoms with Crippen LogP contribution < -0.4 is 37.6 Å². The van der Waals surface area contributed by atoms with Crippen LogP contribution in [0.15, 0.2) is 53.9 Å². The van der Waals surface area contributed by atoms with Gasteiger partial charge in [-0.3, -0.25) is 29.4 Å². The summed E-state index contributed by atoms with van der Waals surface area (Å²) >= 11 is 3.04. The lowest BCUT2D eigenvalue weighted by atomic mass is 10.2. The van der Waals surface area contributed by atoms with Gasteiger partial charge in [0, 0.05) is 65.0 Å². The fourth-order valence-corrected chi connectivity index (χ4v) is 5.24. The minimum absolute atomic E-state index is 0.183. The number of guanidine groups is 1. The van der Waals surface area contributed by atoms with Gasteiger partial charge in [-0.2, -0.15) is 0 Å². The van der Waals surface area contributed by atoms with E-state index in [0.717, 1.165) is 0 Å². The van der Waals surface area contributed by atoms with Crippen molar-refractivity contribution in [2.45, 2.75) is 20.8 Å². The lowest BCUT2D eigenvalue weighted by Gasteiger charge is -2.08. The molecule has 0 spiro atoms. The highest BCUT2D eigenvalue weighted by Crippen LogP contribution is 2.26. The van der Waals surface area contributed by atoms with Gasteiger partial charge in [-0.15, -0.1) is 0 Å². The van der Waals surface area contributed by atoms with E-state index in [1.807, 2.05) is 0 Å². The number of rotatable bonds is 12.